The van der Waals surface area contributed by atoms with E-state index in [9.17, 15) is 9.18 Å². The van der Waals surface area contributed by atoms with Crippen molar-refractivity contribution in [2.24, 2.45) is 0 Å². The summed E-state index contributed by atoms with van der Waals surface area (Å²) in [5.41, 5.74) is 1.36. The Balaban J connectivity index is 3.01. The number of anilines is 1. The quantitative estimate of drug-likeness (QED) is 0.644. The number of carbonyl (C=O) groups is 1. The van der Waals surface area contributed by atoms with Gasteiger partial charge in [0.05, 0.1) is 0 Å². The van der Waals surface area contributed by atoms with Crippen molar-refractivity contribution >= 4 is 12.1 Å². The fourth-order valence-corrected chi connectivity index (χ4v) is 0.813. The molecular formula is C8H8FNO. The van der Waals surface area contributed by atoms with Gasteiger partial charge in [-0.1, -0.05) is 6.07 Å². The number of nitrogens with one attached hydrogen (secondary N) is 1. The van der Waals surface area contributed by atoms with Gasteiger partial charge in [0.2, 0.25) is 6.41 Å². The van der Waals surface area contributed by atoms with Gasteiger partial charge in [0.25, 0.3) is 0 Å². The lowest BCUT2D eigenvalue weighted by Gasteiger charge is -2.01. The first kappa shape index (κ1) is 7.72. The minimum Gasteiger partial charge on any atom is -0.328 e. The van der Waals surface area contributed by atoms with Crippen molar-refractivity contribution in [2.75, 3.05) is 5.32 Å². The largest absolute Gasteiger partial charge is 0.328 e. The number of amides is 1. The molecule has 1 aromatic rings. The Morgan fingerprint density at radius 3 is 2.91 bits per heavy atom. The van der Waals surface area contributed by atoms with Gasteiger partial charge in [0.1, 0.15) is 5.82 Å². The van der Waals surface area contributed by atoms with Crippen LogP contribution in [0.15, 0.2) is 18.2 Å². The number of aryl methyl sites for hydroxylation is 1. The SMILES string of the molecule is Cc1ccc(F)cc1NC=O. The first-order chi connectivity index (χ1) is 5.24. The molecule has 0 fully saturated rings. The molecule has 0 atom stereocenters. The van der Waals surface area contributed by atoms with Crippen molar-refractivity contribution in [3.8, 4) is 0 Å². The van der Waals surface area contributed by atoms with Crippen LogP contribution in [0.1, 0.15) is 5.56 Å². The zero-order valence-electron chi connectivity index (χ0n) is 6.10. The minimum atomic E-state index is -0.347. The van der Waals surface area contributed by atoms with Crippen LogP contribution >= 0.6 is 0 Å². The van der Waals surface area contributed by atoms with Crippen molar-refractivity contribution in [3.63, 3.8) is 0 Å². The van der Waals surface area contributed by atoms with E-state index in [1.807, 2.05) is 0 Å². The van der Waals surface area contributed by atoms with Gasteiger partial charge < -0.3 is 5.32 Å². The highest BCUT2D eigenvalue weighted by atomic mass is 19.1. The van der Waals surface area contributed by atoms with Crippen LogP contribution in [0.4, 0.5) is 10.1 Å². The summed E-state index contributed by atoms with van der Waals surface area (Å²) in [5, 5.41) is 2.40. The summed E-state index contributed by atoms with van der Waals surface area (Å²) >= 11 is 0. The predicted octanol–water partition coefficient (Wildman–Crippen LogP) is 1.70. The average Bonchev–Trinajstić information content (AvgIpc) is 1.98. The van der Waals surface area contributed by atoms with Gasteiger partial charge in [-0.15, -0.1) is 0 Å². The highest BCUT2D eigenvalue weighted by molar-refractivity contribution is 5.73. The number of hydrogen-bond donors (Lipinski definition) is 1. The van der Waals surface area contributed by atoms with Crippen LogP contribution in [0.5, 0.6) is 0 Å². The molecule has 0 saturated heterocycles. The molecule has 0 bridgehead atoms. The molecule has 0 heterocycles. The van der Waals surface area contributed by atoms with Crippen molar-refractivity contribution < 1.29 is 9.18 Å². The number of halogens is 1. The van der Waals surface area contributed by atoms with Crippen LogP contribution in [-0.4, -0.2) is 6.41 Å². The molecule has 0 aliphatic carbocycles. The van der Waals surface area contributed by atoms with Crippen molar-refractivity contribution in [3.05, 3.63) is 29.6 Å². The molecule has 0 aromatic heterocycles. The van der Waals surface area contributed by atoms with Gasteiger partial charge in [-0.05, 0) is 24.6 Å². The Morgan fingerprint density at radius 1 is 1.55 bits per heavy atom. The third kappa shape index (κ3) is 1.77. The number of hydrogen-bond acceptors (Lipinski definition) is 1. The Morgan fingerprint density at radius 2 is 2.27 bits per heavy atom. The zero-order valence-corrected chi connectivity index (χ0v) is 6.10. The Labute approximate surface area is 64.0 Å². The van der Waals surface area contributed by atoms with Crippen LogP contribution in [-0.2, 0) is 4.79 Å². The molecule has 0 spiro atoms. The molecule has 3 heteroatoms. The summed E-state index contributed by atoms with van der Waals surface area (Å²) in [5.74, 6) is -0.347. The van der Waals surface area contributed by atoms with E-state index >= 15 is 0 Å². The highest BCUT2D eigenvalue weighted by Gasteiger charge is 1.97. The fraction of sp³-hybridized carbons (Fsp3) is 0.125. The summed E-state index contributed by atoms with van der Waals surface area (Å²) < 4.78 is 12.5. The molecule has 11 heavy (non-hydrogen) atoms. The van der Waals surface area contributed by atoms with Gasteiger partial charge in [-0.3, -0.25) is 4.79 Å². The second kappa shape index (κ2) is 3.14. The van der Waals surface area contributed by atoms with E-state index in [0.29, 0.717) is 12.1 Å². The molecule has 1 rings (SSSR count). The summed E-state index contributed by atoms with van der Waals surface area (Å²) in [6.07, 6.45) is 0.530. The van der Waals surface area contributed by atoms with Crippen molar-refractivity contribution in [1.29, 1.82) is 0 Å². The van der Waals surface area contributed by atoms with Crippen LogP contribution in [0.25, 0.3) is 0 Å². The van der Waals surface area contributed by atoms with E-state index in [4.69, 9.17) is 0 Å². The molecule has 58 valence electrons. The van der Waals surface area contributed by atoms with Gasteiger partial charge >= 0.3 is 0 Å². The van der Waals surface area contributed by atoms with E-state index in [2.05, 4.69) is 5.32 Å². The maximum atomic E-state index is 12.5. The molecule has 1 amide bonds. The second-order valence-electron chi connectivity index (χ2n) is 2.22. The molecular weight excluding hydrogens is 145 g/mol. The van der Waals surface area contributed by atoms with Gasteiger partial charge in [0.15, 0.2) is 0 Å². The van der Waals surface area contributed by atoms with E-state index in [0.717, 1.165) is 5.56 Å². The Kier molecular flexibility index (Phi) is 2.21. The van der Waals surface area contributed by atoms with E-state index in [1.54, 1.807) is 13.0 Å². The second-order valence-corrected chi connectivity index (χ2v) is 2.22. The van der Waals surface area contributed by atoms with Crippen LogP contribution in [0.3, 0.4) is 0 Å². The Hall–Kier alpha value is -1.38. The van der Waals surface area contributed by atoms with E-state index < -0.39 is 0 Å². The van der Waals surface area contributed by atoms with E-state index in [-0.39, 0.29) is 5.82 Å². The molecule has 0 saturated carbocycles. The minimum absolute atomic E-state index is 0.347. The Bertz CT molecular complexity index is 273. The van der Waals surface area contributed by atoms with Crippen molar-refractivity contribution in [1.82, 2.24) is 0 Å². The van der Waals surface area contributed by atoms with Gasteiger partial charge in [-0.2, -0.15) is 0 Å². The molecule has 0 unspecified atom stereocenters. The third-order valence-electron chi connectivity index (χ3n) is 1.41. The number of benzene rings is 1. The molecule has 0 aliphatic rings. The maximum absolute atomic E-state index is 12.5. The topological polar surface area (TPSA) is 29.1 Å². The monoisotopic (exact) mass is 153 g/mol. The number of rotatable bonds is 2. The zero-order chi connectivity index (χ0) is 8.27. The summed E-state index contributed by atoms with van der Waals surface area (Å²) in [7, 11) is 0. The van der Waals surface area contributed by atoms with Crippen LogP contribution in [0.2, 0.25) is 0 Å². The molecule has 0 aliphatic heterocycles. The molecule has 0 radical (unpaired) electrons. The van der Waals surface area contributed by atoms with Gasteiger partial charge in [-0.25, -0.2) is 4.39 Å². The first-order valence-corrected chi connectivity index (χ1v) is 3.20. The fourth-order valence-electron chi connectivity index (χ4n) is 0.813. The standard InChI is InChI=1S/C8H8FNO/c1-6-2-3-7(9)4-8(6)10-5-11/h2-5H,1H3,(H,10,11). The molecule has 1 N–H and O–H groups in total. The molecule has 1 aromatic carbocycles. The third-order valence-corrected chi connectivity index (χ3v) is 1.41. The number of carbonyl (C=O) groups excluding carboxylic acids is 1. The average molecular weight is 153 g/mol. The lowest BCUT2D eigenvalue weighted by atomic mass is 10.2. The normalized spacial score (nSPS) is 9.27. The van der Waals surface area contributed by atoms with Crippen LogP contribution < -0.4 is 5.32 Å². The highest BCUT2D eigenvalue weighted by Crippen LogP contribution is 2.14. The maximum Gasteiger partial charge on any atom is 0.211 e. The van der Waals surface area contributed by atoms with E-state index in [1.165, 1.54) is 12.1 Å². The first-order valence-electron chi connectivity index (χ1n) is 3.20. The lowest BCUT2D eigenvalue weighted by molar-refractivity contribution is -0.105. The van der Waals surface area contributed by atoms with Crippen molar-refractivity contribution in [2.45, 2.75) is 6.92 Å². The smallest absolute Gasteiger partial charge is 0.211 e. The summed E-state index contributed by atoms with van der Waals surface area (Å²) in [6, 6.07) is 4.25. The lowest BCUT2D eigenvalue weighted by Crippen LogP contribution is -1.96. The predicted molar refractivity (Wildman–Crippen MR) is 40.8 cm³/mol. The van der Waals surface area contributed by atoms with Gasteiger partial charge in [0, 0.05) is 5.69 Å². The summed E-state index contributed by atoms with van der Waals surface area (Å²) in [6.45, 7) is 1.80. The van der Waals surface area contributed by atoms with Crippen LogP contribution in [0, 0.1) is 12.7 Å². The molecule has 2 nitrogen and oxygen atoms in total. The summed E-state index contributed by atoms with van der Waals surface area (Å²) in [4.78, 5) is 10.0.